The van der Waals surface area contributed by atoms with E-state index in [-0.39, 0.29) is 0 Å². The van der Waals surface area contributed by atoms with Gasteiger partial charge in [-0.05, 0) is 44.2 Å². The largest absolute Gasteiger partial charge is 0.297 e. The second-order valence-electron chi connectivity index (χ2n) is 5.00. The molecule has 1 unspecified atom stereocenters. The molecule has 1 heteroatoms. The molecule has 2 aromatic rings. The van der Waals surface area contributed by atoms with Crippen molar-refractivity contribution in [3.05, 3.63) is 48.0 Å². The summed E-state index contributed by atoms with van der Waals surface area (Å²) in [4.78, 5) is 2.40. The van der Waals surface area contributed by atoms with Crippen LogP contribution in [0, 0.1) is 0 Å². The molecule has 0 aliphatic carbocycles. The van der Waals surface area contributed by atoms with Crippen LogP contribution < -0.4 is 0 Å². The summed E-state index contributed by atoms with van der Waals surface area (Å²) in [6.45, 7) is 6.75. The van der Waals surface area contributed by atoms with Gasteiger partial charge in [0.05, 0.1) is 0 Å². The van der Waals surface area contributed by atoms with E-state index in [1.54, 1.807) is 0 Å². The SMILES string of the molecule is CC(C)N(C)C(C)c1cccc2ccccc12. The molecule has 0 N–H and O–H groups in total. The van der Waals surface area contributed by atoms with Gasteiger partial charge in [-0.2, -0.15) is 0 Å². The van der Waals surface area contributed by atoms with Crippen LogP contribution in [0.15, 0.2) is 42.5 Å². The third-order valence-corrected chi connectivity index (χ3v) is 3.70. The molecule has 2 rings (SSSR count). The number of fused-ring (bicyclic) bond motifs is 1. The molecule has 0 bridgehead atoms. The minimum absolute atomic E-state index is 0.445. The number of hydrogen-bond acceptors (Lipinski definition) is 1. The molecule has 17 heavy (non-hydrogen) atoms. The van der Waals surface area contributed by atoms with Gasteiger partial charge in [0.1, 0.15) is 0 Å². The van der Waals surface area contributed by atoms with E-state index in [9.17, 15) is 0 Å². The quantitative estimate of drug-likeness (QED) is 0.758. The van der Waals surface area contributed by atoms with Crippen molar-refractivity contribution < 1.29 is 0 Å². The lowest BCUT2D eigenvalue weighted by molar-refractivity contribution is 0.211. The molecular formula is C16H21N. The molecule has 90 valence electrons. The van der Waals surface area contributed by atoms with E-state index in [2.05, 4.69) is 75.2 Å². The molecule has 0 heterocycles. The van der Waals surface area contributed by atoms with Gasteiger partial charge < -0.3 is 0 Å². The predicted molar refractivity (Wildman–Crippen MR) is 75.3 cm³/mol. The Kier molecular flexibility index (Phi) is 3.49. The van der Waals surface area contributed by atoms with Gasteiger partial charge in [0.2, 0.25) is 0 Å². The fourth-order valence-electron chi connectivity index (χ4n) is 2.28. The van der Waals surface area contributed by atoms with Gasteiger partial charge in [0, 0.05) is 12.1 Å². The number of rotatable bonds is 3. The maximum absolute atomic E-state index is 2.40. The molecular weight excluding hydrogens is 206 g/mol. The zero-order chi connectivity index (χ0) is 12.4. The zero-order valence-corrected chi connectivity index (χ0v) is 11.1. The maximum atomic E-state index is 2.40. The van der Waals surface area contributed by atoms with Crippen LogP contribution in [0.3, 0.4) is 0 Å². The fourth-order valence-corrected chi connectivity index (χ4v) is 2.28. The van der Waals surface area contributed by atoms with Crippen LogP contribution in [0.5, 0.6) is 0 Å². The summed E-state index contributed by atoms with van der Waals surface area (Å²) < 4.78 is 0. The monoisotopic (exact) mass is 227 g/mol. The summed E-state index contributed by atoms with van der Waals surface area (Å²) in [7, 11) is 2.19. The van der Waals surface area contributed by atoms with E-state index < -0.39 is 0 Å². The Labute approximate surface area is 104 Å². The molecule has 0 spiro atoms. The third-order valence-electron chi connectivity index (χ3n) is 3.70. The van der Waals surface area contributed by atoms with Crippen molar-refractivity contribution in [2.45, 2.75) is 32.9 Å². The highest BCUT2D eigenvalue weighted by atomic mass is 15.1. The van der Waals surface area contributed by atoms with Gasteiger partial charge in [-0.25, -0.2) is 0 Å². The van der Waals surface area contributed by atoms with Crippen LogP contribution in [0.1, 0.15) is 32.4 Å². The normalized spacial score (nSPS) is 13.5. The lowest BCUT2D eigenvalue weighted by Crippen LogP contribution is -2.29. The van der Waals surface area contributed by atoms with Gasteiger partial charge in [-0.1, -0.05) is 42.5 Å². The van der Waals surface area contributed by atoms with Crippen LogP contribution in [-0.4, -0.2) is 18.0 Å². The Morgan fingerprint density at radius 3 is 2.24 bits per heavy atom. The standard InChI is InChI=1S/C16H21N/c1-12(2)17(4)13(3)15-11-7-9-14-8-5-6-10-16(14)15/h5-13H,1-4H3. The molecule has 0 aliphatic rings. The van der Waals surface area contributed by atoms with Gasteiger partial charge in [-0.3, -0.25) is 4.90 Å². The Hall–Kier alpha value is -1.34. The van der Waals surface area contributed by atoms with Crippen molar-refractivity contribution in [2.75, 3.05) is 7.05 Å². The predicted octanol–water partition coefficient (Wildman–Crippen LogP) is 4.24. The molecule has 0 aromatic heterocycles. The zero-order valence-electron chi connectivity index (χ0n) is 11.1. The van der Waals surface area contributed by atoms with E-state index in [1.807, 2.05) is 0 Å². The maximum Gasteiger partial charge on any atom is 0.0325 e. The summed E-state index contributed by atoms with van der Waals surface area (Å²) in [5, 5.41) is 2.70. The third kappa shape index (κ3) is 2.34. The molecule has 0 saturated carbocycles. The first-order valence-corrected chi connectivity index (χ1v) is 6.31. The summed E-state index contributed by atoms with van der Waals surface area (Å²) >= 11 is 0. The fraction of sp³-hybridized carbons (Fsp3) is 0.375. The van der Waals surface area contributed by atoms with E-state index in [0.29, 0.717) is 12.1 Å². The van der Waals surface area contributed by atoms with Gasteiger partial charge >= 0.3 is 0 Å². The van der Waals surface area contributed by atoms with Crippen molar-refractivity contribution in [1.82, 2.24) is 4.90 Å². The molecule has 2 aromatic carbocycles. The van der Waals surface area contributed by atoms with Crippen molar-refractivity contribution in [3.63, 3.8) is 0 Å². The van der Waals surface area contributed by atoms with E-state index in [4.69, 9.17) is 0 Å². The topological polar surface area (TPSA) is 3.24 Å². The molecule has 1 nitrogen and oxygen atoms in total. The summed E-state index contributed by atoms with van der Waals surface area (Å²) in [6.07, 6.45) is 0. The second-order valence-corrected chi connectivity index (χ2v) is 5.00. The molecule has 0 fully saturated rings. The van der Waals surface area contributed by atoms with E-state index in [0.717, 1.165) is 0 Å². The number of nitrogens with zero attached hydrogens (tertiary/aromatic N) is 1. The molecule has 0 saturated heterocycles. The molecule has 0 aliphatic heterocycles. The first kappa shape index (κ1) is 12.1. The van der Waals surface area contributed by atoms with Crippen LogP contribution in [-0.2, 0) is 0 Å². The summed E-state index contributed by atoms with van der Waals surface area (Å²) in [6, 6.07) is 16.2. The summed E-state index contributed by atoms with van der Waals surface area (Å²) in [5.74, 6) is 0. The number of hydrogen-bond donors (Lipinski definition) is 0. The van der Waals surface area contributed by atoms with Gasteiger partial charge in [0.25, 0.3) is 0 Å². The van der Waals surface area contributed by atoms with Crippen molar-refractivity contribution >= 4 is 10.8 Å². The lowest BCUT2D eigenvalue weighted by atomic mass is 9.98. The van der Waals surface area contributed by atoms with Crippen LogP contribution in [0.25, 0.3) is 10.8 Å². The van der Waals surface area contributed by atoms with Crippen LogP contribution >= 0.6 is 0 Å². The summed E-state index contributed by atoms with van der Waals surface area (Å²) in [5.41, 5.74) is 1.42. The second kappa shape index (κ2) is 4.89. The highest BCUT2D eigenvalue weighted by Crippen LogP contribution is 2.28. The van der Waals surface area contributed by atoms with Gasteiger partial charge in [-0.15, -0.1) is 0 Å². The van der Waals surface area contributed by atoms with Gasteiger partial charge in [0.15, 0.2) is 0 Å². The highest BCUT2D eigenvalue weighted by molar-refractivity contribution is 5.86. The average Bonchev–Trinajstić information content (AvgIpc) is 2.36. The van der Waals surface area contributed by atoms with Crippen molar-refractivity contribution in [2.24, 2.45) is 0 Å². The van der Waals surface area contributed by atoms with Crippen molar-refractivity contribution in [1.29, 1.82) is 0 Å². The number of benzene rings is 2. The van der Waals surface area contributed by atoms with E-state index >= 15 is 0 Å². The minimum atomic E-state index is 0.445. The Morgan fingerprint density at radius 1 is 0.882 bits per heavy atom. The molecule has 0 amide bonds. The lowest BCUT2D eigenvalue weighted by Gasteiger charge is -2.29. The Morgan fingerprint density at radius 2 is 1.53 bits per heavy atom. The van der Waals surface area contributed by atoms with E-state index in [1.165, 1.54) is 16.3 Å². The van der Waals surface area contributed by atoms with Crippen molar-refractivity contribution in [3.8, 4) is 0 Å². The smallest absolute Gasteiger partial charge is 0.0325 e. The Balaban J connectivity index is 2.48. The van der Waals surface area contributed by atoms with Crippen LogP contribution in [0.4, 0.5) is 0 Å². The Bertz CT molecular complexity index is 496. The highest BCUT2D eigenvalue weighted by Gasteiger charge is 2.15. The average molecular weight is 227 g/mol. The molecule has 0 radical (unpaired) electrons. The first-order valence-electron chi connectivity index (χ1n) is 6.31. The molecule has 1 atom stereocenters. The van der Waals surface area contributed by atoms with Crippen LogP contribution in [0.2, 0.25) is 0 Å². The minimum Gasteiger partial charge on any atom is -0.297 e. The first-order chi connectivity index (χ1) is 8.11.